The van der Waals surface area contributed by atoms with Gasteiger partial charge in [-0.3, -0.25) is 0 Å². The van der Waals surface area contributed by atoms with Crippen LogP contribution in [0, 0.1) is 11.3 Å². The van der Waals surface area contributed by atoms with Gasteiger partial charge < -0.3 is 24.7 Å². The number of nitrogens with two attached hydrogens (primary N) is 1. The van der Waals surface area contributed by atoms with E-state index < -0.39 is 0 Å². The van der Waals surface area contributed by atoms with Crippen LogP contribution in [0.25, 0.3) is 22.4 Å². The topological polar surface area (TPSA) is 99.6 Å². The lowest BCUT2D eigenvalue weighted by Gasteiger charge is -2.17. The summed E-state index contributed by atoms with van der Waals surface area (Å²) in [6.45, 7) is 2.52. The first-order valence-corrected chi connectivity index (χ1v) is 9.31. The number of hydrogen-bond acceptors (Lipinski definition) is 7. The molecule has 7 heteroatoms. The van der Waals surface area contributed by atoms with Gasteiger partial charge in [-0.25, -0.2) is 4.98 Å². The fourth-order valence-electron chi connectivity index (χ4n) is 3.24. The summed E-state index contributed by atoms with van der Waals surface area (Å²) in [5.41, 5.74) is 9.11. The van der Waals surface area contributed by atoms with Crippen molar-refractivity contribution in [2.75, 3.05) is 33.7 Å². The van der Waals surface area contributed by atoms with Crippen LogP contribution in [0.5, 0.6) is 23.0 Å². The Morgan fingerprint density at radius 1 is 0.933 bits per heavy atom. The third kappa shape index (κ3) is 3.80. The lowest BCUT2D eigenvalue weighted by atomic mass is 9.97. The lowest BCUT2D eigenvalue weighted by molar-refractivity contribution is 0.325. The van der Waals surface area contributed by atoms with E-state index in [0.717, 1.165) is 11.3 Å². The number of nitriles is 1. The van der Waals surface area contributed by atoms with Gasteiger partial charge in [0.25, 0.3) is 0 Å². The second-order valence-corrected chi connectivity index (χ2v) is 6.27. The van der Waals surface area contributed by atoms with Gasteiger partial charge in [-0.1, -0.05) is 0 Å². The molecule has 7 nitrogen and oxygen atoms in total. The maximum absolute atomic E-state index is 9.73. The van der Waals surface area contributed by atoms with Gasteiger partial charge in [-0.15, -0.1) is 0 Å². The van der Waals surface area contributed by atoms with Gasteiger partial charge in [0.1, 0.15) is 23.2 Å². The molecular weight excluding hydrogens is 382 g/mol. The molecule has 0 bridgehead atoms. The molecule has 0 fully saturated rings. The molecule has 0 radical (unpaired) electrons. The molecule has 30 heavy (non-hydrogen) atoms. The summed E-state index contributed by atoms with van der Waals surface area (Å²) in [5.74, 6) is 2.29. The van der Waals surface area contributed by atoms with Crippen LogP contribution in [0.2, 0.25) is 0 Å². The van der Waals surface area contributed by atoms with Crippen LogP contribution in [0.1, 0.15) is 12.5 Å². The van der Waals surface area contributed by atoms with Crippen LogP contribution < -0.4 is 24.7 Å². The van der Waals surface area contributed by atoms with Crippen LogP contribution in [0.3, 0.4) is 0 Å². The number of nitrogens with zero attached hydrogens (tertiary/aromatic N) is 2. The van der Waals surface area contributed by atoms with Crippen molar-refractivity contribution in [1.82, 2.24) is 4.98 Å². The second-order valence-electron chi connectivity index (χ2n) is 6.27. The number of hydrogen-bond donors (Lipinski definition) is 1. The van der Waals surface area contributed by atoms with Crippen molar-refractivity contribution in [3.8, 4) is 51.5 Å². The minimum atomic E-state index is 0.135. The Morgan fingerprint density at radius 2 is 1.63 bits per heavy atom. The van der Waals surface area contributed by atoms with Crippen molar-refractivity contribution in [3.05, 3.63) is 48.0 Å². The van der Waals surface area contributed by atoms with E-state index in [4.69, 9.17) is 24.7 Å². The van der Waals surface area contributed by atoms with E-state index >= 15 is 0 Å². The van der Waals surface area contributed by atoms with Crippen molar-refractivity contribution in [1.29, 1.82) is 5.26 Å². The largest absolute Gasteiger partial charge is 0.494 e. The quantitative estimate of drug-likeness (QED) is 0.626. The Balaban J connectivity index is 2.22. The predicted octanol–water partition coefficient (Wildman–Crippen LogP) is 4.29. The first kappa shape index (κ1) is 20.8. The summed E-state index contributed by atoms with van der Waals surface area (Å²) in [5, 5.41) is 9.73. The highest BCUT2D eigenvalue weighted by molar-refractivity contribution is 5.85. The average Bonchev–Trinajstić information content (AvgIpc) is 2.78. The lowest BCUT2D eigenvalue weighted by Crippen LogP contribution is -2.02. The summed E-state index contributed by atoms with van der Waals surface area (Å²) in [7, 11) is 4.61. The molecule has 0 saturated carbocycles. The summed E-state index contributed by atoms with van der Waals surface area (Å²) in [6, 6.07) is 15.0. The zero-order valence-electron chi connectivity index (χ0n) is 17.4. The number of nitrogen functional groups attached to an aromatic ring is 1. The van der Waals surface area contributed by atoms with E-state index in [1.165, 1.54) is 14.2 Å². The zero-order chi connectivity index (χ0) is 21.7. The zero-order valence-corrected chi connectivity index (χ0v) is 17.4. The van der Waals surface area contributed by atoms with Crippen LogP contribution in [0.15, 0.2) is 42.5 Å². The van der Waals surface area contributed by atoms with Gasteiger partial charge in [-0.2, -0.15) is 5.26 Å². The third-order valence-corrected chi connectivity index (χ3v) is 4.61. The first-order valence-electron chi connectivity index (χ1n) is 9.31. The standard InChI is InChI=1S/C23H23N3O4/c1-5-30-15-8-6-14(7-9-15)19-12-17(18(13-24)23(25)26-19)16-10-11-20(27-2)22(29-4)21(16)28-3/h6-12H,5H2,1-4H3,(H2,25,26). The van der Waals surface area contributed by atoms with Gasteiger partial charge in [0.15, 0.2) is 11.5 Å². The number of ether oxygens (including phenoxy) is 4. The number of pyridine rings is 1. The monoisotopic (exact) mass is 405 g/mol. The molecule has 0 aliphatic heterocycles. The van der Waals surface area contributed by atoms with Gasteiger partial charge in [0.2, 0.25) is 5.75 Å². The number of rotatable bonds is 7. The maximum Gasteiger partial charge on any atom is 0.203 e. The van der Waals surface area contributed by atoms with Crippen molar-refractivity contribution in [2.24, 2.45) is 0 Å². The molecule has 0 amide bonds. The summed E-state index contributed by atoms with van der Waals surface area (Å²) in [6.07, 6.45) is 0. The van der Waals surface area contributed by atoms with Crippen LogP contribution in [-0.4, -0.2) is 32.9 Å². The van der Waals surface area contributed by atoms with Gasteiger partial charge >= 0.3 is 0 Å². The molecule has 0 atom stereocenters. The molecule has 1 aromatic heterocycles. The SMILES string of the molecule is CCOc1ccc(-c2cc(-c3ccc(OC)c(OC)c3OC)c(C#N)c(N)n2)cc1. The summed E-state index contributed by atoms with van der Waals surface area (Å²) < 4.78 is 21.9. The van der Waals surface area contributed by atoms with Crippen molar-refractivity contribution < 1.29 is 18.9 Å². The molecular formula is C23H23N3O4. The Bertz CT molecular complexity index is 1090. The molecule has 1 heterocycles. The van der Waals surface area contributed by atoms with Gasteiger partial charge in [0.05, 0.1) is 33.6 Å². The molecule has 0 aliphatic carbocycles. The van der Waals surface area contributed by atoms with Crippen LogP contribution >= 0.6 is 0 Å². The first-order chi connectivity index (χ1) is 14.6. The molecule has 2 aromatic carbocycles. The number of anilines is 1. The Morgan fingerprint density at radius 3 is 2.20 bits per heavy atom. The van der Waals surface area contributed by atoms with Gasteiger partial charge in [0, 0.05) is 16.7 Å². The highest BCUT2D eigenvalue weighted by Gasteiger charge is 2.21. The minimum Gasteiger partial charge on any atom is -0.494 e. The molecule has 0 aliphatic rings. The fraction of sp³-hybridized carbons (Fsp3) is 0.217. The molecule has 154 valence electrons. The Labute approximate surface area is 175 Å². The molecule has 0 saturated heterocycles. The predicted molar refractivity (Wildman–Crippen MR) is 115 cm³/mol. The van der Waals surface area contributed by atoms with Crippen molar-refractivity contribution >= 4 is 5.82 Å². The number of aromatic nitrogens is 1. The van der Waals surface area contributed by atoms with E-state index in [0.29, 0.717) is 40.7 Å². The number of methoxy groups -OCH3 is 3. The maximum atomic E-state index is 9.73. The van der Waals surface area contributed by atoms with E-state index in [2.05, 4.69) is 11.1 Å². The fourth-order valence-corrected chi connectivity index (χ4v) is 3.24. The molecule has 3 rings (SSSR count). The smallest absolute Gasteiger partial charge is 0.203 e. The van der Waals surface area contributed by atoms with Crippen LogP contribution in [0.4, 0.5) is 5.82 Å². The molecule has 0 unspecified atom stereocenters. The molecule has 0 spiro atoms. The van der Waals surface area contributed by atoms with Crippen molar-refractivity contribution in [3.63, 3.8) is 0 Å². The third-order valence-electron chi connectivity index (χ3n) is 4.61. The summed E-state index contributed by atoms with van der Waals surface area (Å²) in [4.78, 5) is 4.43. The Kier molecular flexibility index (Phi) is 6.28. The van der Waals surface area contributed by atoms with E-state index in [1.54, 1.807) is 19.2 Å². The van der Waals surface area contributed by atoms with E-state index in [-0.39, 0.29) is 11.4 Å². The van der Waals surface area contributed by atoms with Crippen molar-refractivity contribution in [2.45, 2.75) is 6.92 Å². The summed E-state index contributed by atoms with van der Waals surface area (Å²) >= 11 is 0. The minimum absolute atomic E-state index is 0.135. The highest BCUT2D eigenvalue weighted by atomic mass is 16.5. The van der Waals surface area contributed by atoms with Gasteiger partial charge in [-0.05, 0) is 49.4 Å². The highest BCUT2D eigenvalue weighted by Crippen LogP contribution is 2.46. The van der Waals surface area contributed by atoms with E-state index in [1.807, 2.05) is 37.3 Å². The molecule has 3 aromatic rings. The Hall–Kier alpha value is -3.92. The van der Waals surface area contributed by atoms with E-state index in [9.17, 15) is 5.26 Å². The normalized spacial score (nSPS) is 10.2. The average molecular weight is 405 g/mol. The van der Waals surface area contributed by atoms with Crippen LogP contribution in [-0.2, 0) is 0 Å². The number of benzene rings is 2. The second kappa shape index (κ2) is 9.05. The molecule has 2 N–H and O–H groups in total.